The molecule has 1 N–H and O–H groups in total. The lowest BCUT2D eigenvalue weighted by Gasteiger charge is -2.27. The van der Waals surface area contributed by atoms with Crippen LogP contribution in [0.1, 0.15) is 22.6 Å². The van der Waals surface area contributed by atoms with Crippen molar-refractivity contribution in [1.82, 2.24) is 14.9 Å². The third kappa shape index (κ3) is 2.64. The largest absolute Gasteiger partial charge is 0.311 e. The molecule has 0 aliphatic carbocycles. The molecule has 0 radical (unpaired) electrons. The molecule has 0 fully saturated rings. The Hall–Kier alpha value is -2.15. The molecule has 0 bridgehead atoms. The maximum atomic E-state index is 13.7. The summed E-state index contributed by atoms with van der Waals surface area (Å²) < 4.78 is 39.9. The molecule has 0 amide bonds. The number of halogens is 3. The van der Waals surface area contributed by atoms with Crippen LogP contribution in [0.25, 0.3) is 0 Å². The molecule has 0 unspecified atom stereocenters. The Morgan fingerprint density at radius 2 is 2.05 bits per heavy atom. The van der Waals surface area contributed by atoms with Crippen molar-refractivity contribution in [1.29, 1.82) is 0 Å². The molecule has 0 atom stereocenters. The topological polar surface area (TPSA) is 49.0 Å². The highest BCUT2D eigenvalue weighted by atomic mass is 19.2. The van der Waals surface area contributed by atoms with Gasteiger partial charge in [-0.25, -0.2) is 18.2 Å². The zero-order valence-electron chi connectivity index (χ0n) is 11.9. The van der Waals surface area contributed by atoms with Crippen LogP contribution in [0.5, 0.6) is 0 Å². The molecule has 1 aliphatic rings. The lowest BCUT2D eigenvalue weighted by atomic mass is 10.1. The van der Waals surface area contributed by atoms with Crippen molar-refractivity contribution in [2.75, 3.05) is 6.54 Å². The Labute approximate surface area is 124 Å². The standard InChI is InChI=1S/C15H14F3N3O/c1-8-19-12-7-21(5-4-10(12)15(22)20-8)6-9-2-3-11(16)14(18)13(9)17/h2-3H,4-7H2,1H3,(H,19,20,22). The van der Waals surface area contributed by atoms with Crippen LogP contribution in [0.15, 0.2) is 16.9 Å². The van der Waals surface area contributed by atoms with E-state index in [9.17, 15) is 18.0 Å². The Balaban J connectivity index is 1.84. The number of hydrogen-bond acceptors (Lipinski definition) is 3. The molecule has 1 aromatic carbocycles. The van der Waals surface area contributed by atoms with Crippen molar-refractivity contribution in [2.24, 2.45) is 0 Å². The predicted molar refractivity (Wildman–Crippen MR) is 73.7 cm³/mol. The van der Waals surface area contributed by atoms with Crippen LogP contribution in [0.2, 0.25) is 0 Å². The van der Waals surface area contributed by atoms with Gasteiger partial charge in [0, 0.05) is 30.8 Å². The summed E-state index contributed by atoms with van der Waals surface area (Å²) >= 11 is 0. The number of aryl methyl sites for hydroxylation is 1. The molecule has 1 aliphatic heterocycles. The summed E-state index contributed by atoms with van der Waals surface area (Å²) in [5, 5.41) is 0. The van der Waals surface area contributed by atoms with Crippen LogP contribution in [-0.4, -0.2) is 21.4 Å². The zero-order valence-corrected chi connectivity index (χ0v) is 11.9. The van der Waals surface area contributed by atoms with Crippen LogP contribution in [0, 0.1) is 24.4 Å². The van der Waals surface area contributed by atoms with E-state index in [1.165, 1.54) is 6.07 Å². The Kier molecular flexibility index (Phi) is 3.74. The van der Waals surface area contributed by atoms with E-state index >= 15 is 0 Å². The summed E-state index contributed by atoms with van der Waals surface area (Å²) in [5.41, 5.74) is 1.22. The van der Waals surface area contributed by atoms with Gasteiger partial charge in [0.2, 0.25) is 0 Å². The van der Waals surface area contributed by atoms with Crippen LogP contribution in [-0.2, 0) is 19.5 Å². The molecular weight excluding hydrogens is 295 g/mol. The molecule has 7 heteroatoms. The molecule has 2 aromatic rings. The summed E-state index contributed by atoms with van der Waals surface area (Å²) in [6.07, 6.45) is 0.489. The van der Waals surface area contributed by atoms with E-state index in [-0.39, 0.29) is 17.7 Å². The highest BCUT2D eigenvalue weighted by Gasteiger charge is 2.22. The third-order valence-corrected chi connectivity index (χ3v) is 3.78. The Bertz CT molecular complexity index is 788. The van der Waals surface area contributed by atoms with E-state index in [0.29, 0.717) is 36.6 Å². The maximum Gasteiger partial charge on any atom is 0.254 e. The van der Waals surface area contributed by atoms with E-state index in [1.807, 2.05) is 4.90 Å². The molecule has 2 heterocycles. The van der Waals surface area contributed by atoms with E-state index in [2.05, 4.69) is 9.97 Å². The smallest absolute Gasteiger partial charge is 0.254 e. The number of aromatic nitrogens is 2. The molecule has 0 saturated carbocycles. The van der Waals surface area contributed by atoms with Gasteiger partial charge in [-0.2, -0.15) is 0 Å². The molecule has 0 spiro atoms. The molecule has 3 rings (SSSR count). The van der Waals surface area contributed by atoms with Crippen molar-refractivity contribution >= 4 is 0 Å². The second-order valence-corrected chi connectivity index (χ2v) is 5.37. The van der Waals surface area contributed by atoms with Crippen molar-refractivity contribution in [3.05, 3.63) is 62.6 Å². The van der Waals surface area contributed by atoms with Gasteiger partial charge in [-0.3, -0.25) is 9.69 Å². The summed E-state index contributed by atoms with van der Waals surface area (Å²) in [7, 11) is 0. The number of benzene rings is 1. The first-order valence-electron chi connectivity index (χ1n) is 6.89. The van der Waals surface area contributed by atoms with Gasteiger partial charge in [0.05, 0.1) is 5.69 Å². The molecule has 4 nitrogen and oxygen atoms in total. The number of fused-ring (bicyclic) bond motifs is 1. The van der Waals surface area contributed by atoms with Crippen molar-refractivity contribution < 1.29 is 13.2 Å². The van der Waals surface area contributed by atoms with Crippen molar-refractivity contribution in [3.8, 4) is 0 Å². The fraction of sp³-hybridized carbons (Fsp3) is 0.333. The first-order valence-corrected chi connectivity index (χ1v) is 6.89. The molecule has 0 saturated heterocycles. The Morgan fingerprint density at radius 3 is 2.82 bits per heavy atom. The lowest BCUT2D eigenvalue weighted by Crippen LogP contribution is -2.35. The third-order valence-electron chi connectivity index (χ3n) is 3.78. The normalized spacial score (nSPS) is 14.9. The van der Waals surface area contributed by atoms with Crippen molar-refractivity contribution in [3.63, 3.8) is 0 Å². The zero-order chi connectivity index (χ0) is 15.9. The van der Waals surface area contributed by atoms with Crippen LogP contribution in [0.3, 0.4) is 0 Å². The van der Waals surface area contributed by atoms with Gasteiger partial charge in [-0.05, 0) is 19.4 Å². The summed E-state index contributed by atoms with van der Waals surface area (Å²) in [5.74, 6) is -3.31. The van der Waals surface area contributed by atoms with Gasteiger partial charge in [0.1, 0.15) is 5.82 Å². The summed E-state index contributed by atoms with van der Waals surface area (Å²) in [6, 6.07) is 2.15. The van der Waals surface area contributed by atoms with Crippen molar-refractivity contribution in [2.45, 2.75) is 26.4 Å². The van der Waals surface area contributed by atoms with Gasteiger partial charge >= 0.3 is 0 Å². The second kappa shape index (κ2) is 5.57. The van der Waals surface area contributed by atoms with Crippen LogP contribution < -0.4 is 5.56 Å². The molecule has 116 valence electrons. The minimum atomic E-state index is -1.46. The van der Waals surface area contributed by atoms with E-state index < -0.39 is 17.5 Å². The SMILES string of the molecule is Cc1nc2c(c(=O)[nH]1)CCN(Cc1ccc(F)c(F)c1F)C2. The van der Waals surface area contributed by atoms with Crippen LogP contribution >= 0.6 is 0 Å². The number of H-pyrrole nitrogens is 1. The first kappa shape index (κ1) is 14.8. The summed E-state index contributed by atoms with van der Waals surface area (Å²) in [6.45, 7) is 2.73. The molecule has 22 heavy (non-hydrogen) atoms. The first-order chi connectivity index (χ1) is 10.5. The van der Waals surface area contributed by atoms with Gasteiger partial charge in [-0.15, -0.1) is 0 Å². The lowest BCUT2D eigenvalue weighted by molar-refractivity contribution is 0.235. The minimum absolute atomic E-state index is 0.0870. The van der Waals surface area contributed by atoms with E-state index in [0.717, 1.165) is 6.07 Å². The highest BCUT2D eigenvalue weighted by molar-refractivity contribution is 5.23. The maximum absolute atomic E-state index is 13.7. The number of rotatable bonds is 2. The second-order valence-electron chi connectivity index (χ2n) is 5.37. The minimum Gasteiger partial charge on any atom is -0.311 e. The monoisotopic (exact) mass is 309 g/mol. The fourth-order valence-electron chi connectivity index (χ4n) is 2.68. The fourth-order valence-corrected chi connectivity index (χ4v) is 2.68. The van der Waals surface area contributed by atoms with Gasteiger partial charge < -0.3 is 4.98 Å². The predicted octanol–water partition coefficient (Wildman–Crippen LogP) is 2.05. The number of nitrogens with one attached hydrogen (secondary N) is 1. The molecule has 1 aromatic heterocycles. The van der Waals surface area contributed by atoms with E-state index in [1.54, 1.807) is 6.92 Å². The Morgan fingerprint density at radius 1 is 1.27 bits per heavy atom. The number of nitrogens with zero attached hydrogens (tertiary/aromatic N) is 2. The highest BCUT2D eigenvalue weighted by Crippen LogP contribution is 2.20. The average molecular weight is 309 g/mol. The van der Waals surface area contributed by atoms with Crippen LogP contribution in [0.4, 0.5) is 13.2 Å². The quantitative estimate of drug-likeness (QED) is 0.864. The molecular formula is C15H14F3N3O. The van der Waals surface area contributed by atoms with Gasteiger partial charge in [0.25, 0.3) is 5.56 Å². The average Bonchev–Trinajstić information content (AvgIpc) is 2.47. The van der Waals surface area contributed by atoms with Gasteiger partial charge in [-0.1, -0.05) is 6.07 Å². The summed E-state index contributed by atoms with van der Waals surface area (Å²) in [4.78, 5) is 20.6. The van der Waals surface area contributed by atoms with Gasteiger partial charge in [0.15, 0.2) is 17.5 Å². The van der Waals surface area contributed by atoms with E-state index in [4.69, 9.17) is 0 Å². The number of hydrogen-bond donors (Lipinski definition) is 1. The number of aromatic amines is 1.